The summed E-state index contributed by atoms with van der Waals surface area (Å²) in [5.74, 6) is -0.225. The molecule has 3 N–H and O–H groups in total. The third-order valence-electron chi connectivity index (χ3n) is 5.63. The SMILES string of the molecule is O[C@H]1[C@H](NCc2cccc(F)c2)c2ccccc2C12CCNCC2. The van der Waals surface area contributed by atoms with Crippen LogP contribution in [0.15, 0.2) is 48.5 Å². The molecule has 1 heterocycles. The summed E-state index contributed by atoms with van der Waals surface area (Å²) >= 11 is 0. The minimum absolute atomic E-state index is 0.109. The van der Waals surface area contributed by atoms with Gasteiger partial charge in [-0.15, -0.1) is 0 Å². The topological polar surface area (TPSA) is 44.3 Å². The molecular weight excluding hydrogens is 303 g/mol. The molecule has 126 valence electrons. The molecule has 0 saturated carbocycles. The van der Waals surface area contributed by atoms with Crippen molar-refractivity contribution in [2.24, 2.45) is 0 Å². The molecule has 4 heteroatoms. The van der Waals surface area contributed by atoms with Crippen LogP contribution in [0.2, 0.25) is 0 Å². The maximum absolute atomic E-state index is 13.4. The first-order valence-corrected chi connectivity index (χ1v) is 8.67. The van der Waals surface area contributed by atoms with E-state index in [1.165, 1.54) is 17.2 Å². The van der Waals surface area contributed by atoms with Crippen molar-refractivity contribution in [3.63, 3.8) is 0 Å². The monoisotopic (exact) mass is 326 g/mol. The molecule has 2 aliphatic rings. The number of fused-ring (bicyclic) bond motifs is 2. The summed E-state index contributed by atoms with van der Waals surface area (Å²) < 4.78 is 13.4. The highest BCUT2D eigenvalue weighted by molar-refractivity contribution is 5.45. The van der Waals surface area contributed by atoms with E-state index < -0.39 is 6.10 Å². The average Bonchev–Trinajstić information content (AvgIpc) is 2.83. The van der Waals surface area contributed by atoms with Gasteiger partial charge in [0.15, 0.2) is 0 Å². The van der Waals surface area contributed by atoms with Gasteiger partial charge >= 0.3 is 0 Å². The molecule has 1 spiro atoms. The van der Waals surface area contributed by atoms with Crippen molar-refractivity contribution in [2.45, 2.75) is 36.9 Å². The standard InChI is InChI=1S/C20H23FN2O/c21-15-5-3-4-14(12-15)13-23-18-16-6-1-2-7-17(16)20(19(18)24)8-10-22-11-9-20/h1-7,12,18-19,22-24H,8-11,13H2/t18-,19+/m1/s1. The van der Waals surface area contributed by atoms with Crippen molar-refractivity contribution in [3.05, 3.63) is 71.0 Å². The lowest BCUT2D eigenvalue weighted by Gasteiger charge is -2.39. The fourth-order valence-corrected chi connectivity index (χ4v) is 4.40. The number of nitrogens with one attached hydrogen (secondary N) is 2. The average molecular weight is 326 g/mol. The summed E-state index contributed by atoms with van der Waals surface area (Å²) in [6.07, 6.45) is 1.44. The van der Waals surface area contributed by atoms with Gasteiger partial charge in [-0.25, -0.2) is 4.39 Å². The molecule has 0 bridgehead atoms. The molecule has 1 saturated heterocycles. The van der Waals surface area contributed by atoms with E-state index in [0.717, 1.165) is 31.5 Å². The molecule has 2 atom stereocenters. The third kappa shape index (κ3) is 2.55. The smallest absolute Gasteiger partial charge is 0.123 e. The van der Waals surface area contributed by atoms with Crippen molar-refractivity contribution in [1.29, 1.82) is 0 Å². The predicted molar refractivity (Wildman–Crippen MR) is 92.2 cm³/mol. The van der Waals surface area contributed by atoms with Crippen LogP contribution in [0.4, 0.5) is 4.39 Å². The maximum Gasteiger partial charge on any atom is 0.123 e. The Bertz CT molecular complexity index is 727. The Labute approximate surface area is 141 Å². The Morgan fingerprint density at radius 3 is 2.71 bits per heavy atom. The van der Waals surface area contributed by atoms with E-state index in [2.05, 4.69) is 28.8 Å². The highest BCUT2D eigenvalue weighted by Crippen LogP contribution is 2.50. The van der Waals surface area contributed by atoms with E-state index in [0.29, 0.717) is 6.54 Å². The summed E-state index contributed by atoms with van der Waals surface area (Å²) in [5.41, 5.74) is 3.19. The molecule has 2 aromatic rings. The highest BCUT2D eigenvalue weighted by Gasteiger charge is 2.51. The van der Waals surface area contributed by atoms with Crippen molar-refractivity contribution < 1.29 is 9.50 Å². The fraction of sp³-hybridized carbons (Fsp3) is 0.400. The minimum Gasteiger partial charge on any atom is -0.390 e. The number of piperidine rings is 1. The minimum atomic E-state index is -0.453. The first-order chi connectivity index (χ1) is 11.7. The number of aliphatic hydroxyl groups is 1. The lowest BCUT2D eigenvalue weighted by Crippen LogP contribution is -2.47. The Morgan fingerprint density at radius 1 is 1.12 bits per heavy atom. The molecular formula is C20H23FN2O. The van der Waals surface area contributed by atoms with Gasteiger partial charge in [-0.05, 0) is 54.8 Å². The molecule has 1 aliphatic heterocycles. The van der Waals surface area contributed by atoms with E-state index in [1.807, 2.05) is 12.1 Å². The molecule has 0 unspecified atom stereocenters. The number of benzene rings is 2. The van der Waals surface area contributed by atoms with Crippen molar-refractivity contribution in [2.75, 3.05) is 13.1 Å². The van der Waals surface area contributed by atoms with Gasteiger partial charge < -0.3 is 15.7 Å². The molecule has 0 radical (unpaired) electrons. The second kappa shape index (κ2) is 6.28. The van der Waals surface area contributed by atoms with E-state index in [4.69, 9.17) is 0 Å². The van der Waals surface area contributed by atoms with Crippen LogP contribution in [0.5, 0.6) is 0 Å². The van der Waals surface area contributed by atoms with E-state index in [9.17, 15) is 9.50 Å². The van der Waals surface area contributed by atoms with Gasteiger partial charge in [0, 0.05) is 12.0 Å². The Hall–Kier alpha value is -1.75. The molecule has 4 rings (SSSR count). The number of rotatable bonds is 3. The predicted octanol–water partition coefficient (Wildman–Crippen LogP) is 2.65. The van der Waals surface area contributed by atoms with E-state index in [-0.39, 0.29) is 17.3 Å². The summed E-state index contributed by atoms with van der Waals surface area (Å²) in [4.78, 5) is 0. The number of halogens is 1. The normalized spacial score (nSPS) is 24.9. The van der Waals surface area contributed by atoms with E-state index in [1.54, 1.807) is 12.1 Å². The fourth-order valence-electron chi connectivity index (χ4n) is 4.40. The second-order valence-electron chi connectivity index (χ2n) is 6.93. The zero-order valence-corrected chi connectivity index (χ0v) is 13.6. The Morgan fingerprint density at radius 2 is 1.92 bits per heavy atom. The van der Waals surface area contributed by atoms with Gasteiger partial charge in [0.05, 0.1) is 12.1 Å². The zero-order valence-electron chi connectivity index (χ0n) is 13.6. The molecule has 3 nitrogen and oxygen atoms in total. The van der Waals surface area contributed by atoms with Crippen LogP contribution in [0.3, 0.4) is 0 Å². The van der Waals surface area contributed by atoms with Gasteiger partial charge in [-0.2, -0.15) is 0 Å². The van der Waals surface area contributed by atoms with Gasteiger partial charge in [-0.1, -0.05) is 36.4 Å². The van der Waals surface area contributed by atoms with Crippen LogP contribution >= 0.6 is 0 Å². The Kier molecular flexibility index (Phi) is 4.12. The van der Waals surface area contributed by atoms with Crippen LogP contribution in [0.25, 0.3) is 0 Å². The number of hydrogen-bond donors (Lipinski definition) is 3. The largest absolute Gasteiger partial charge is 0.390 e. The quantitative estimate of drug-likeness (QED) is 0.812. The van der Waals surface area contributed by atoms with Crippen LogP contribution in [0.1, 0.15) is 35.6 Å². The van der Waals surface area contributed by atoms with E-state index >= 15 is 0 Å². The van der Waals surface area contributed by atoms with Crippen LogP contribution in [-0.4, -0.2) is 24.3 Å². The molecule has 2 aromatic carbocycles. The number of aliphatic hydroxyl groups excluding tert-OH is 1. The zero-order chi connectivity index (χ0) is 16.6. The van der Waals surface area contributed by atoms with Gasteiger partial charge in [0.25, 0.3) is 0 Å². The van der Waals surface area contributed by atoms with Crippen molar-refractivity contribution in [3.8, 4) is 0 Å². The first kappa shape index (κ1) is 15.8. The lowest BCUT2D eigenvalue weighted by atomic mass is 9.72. The van der Waals surface area contributed by atoms with Crippen LogP contribution < -0.4 is 10.6 Å². The van der Waals surface area contributed by atoms with Crippen LogP contribution in [-0.2, 0) is 12.0 Å². The third-order valence-corrected chi connectivity index (χ3v) is 5.63. The first-order valence-electron chi connectivity index (χ1n) is 8.67. The summed E-state index contributed by atoms with van der Waals surface area (Å²) in [7, 11) is 0. The molecule has 24 heavy (non-hydrogen) atoms. The molecule has 1 aliphatic carbocycles. The highest BCUT2D eigenvalue weighted by atomic mass is 19.1. The van der Waals surface area contributed by atoms with Crippen LogP contribution in [0, 0.1) is 5.82 Å². The molecule has 0 amide bonds. The lowest BCUT2D eigenvalue weighted by molar-refractivity contribution is 0.0438. The summed E-state index contributed by atoms with van der Waals surface area (Å²) in [6, 6.07) is 14.9. The van der Waals surface area contributed by atoms with Gasteiger partial charge in [0.2, 0.25) is 0 Å². The molecule has 0 aromatic heterocycles. The maximum atomic E-state index is 13.4. The summed E-state index contributed by atoms with van der Waals surface area (Å²) in [6.45, 7) is 2.41. The molecule has 1 fully saturated rings. The van der Waals surface area contributed by atoms with Gasteiger partial charge in [-0.3, -0.25) is 0 Å². The van der Waals surface area contributed by atoms with Gasteiger partial charge in [0.1, 0.15) is 5.82 Å². The summed E-state index contributed by atoms with van der Waals surface area (Å²) in [5, 5.41) is 18.0. The Balaban J connectivity index is 1.61. The number of hydrogen-bond acceptors (Lipinski definition) is 3. The van der Waals surface area contributed by atoms with Crippen molar-refractivity contribution >= 4 is 0 Å². The second-order valence-corrected chi connectivity index (χ2v) is 6.93. The van der Waals surface area contributed by atoms with Crippen molar-refractivity contribution in [1.82, 2.24) is 10.6 Å².